The molecule has 0 aliphatic rings. The Labute approximate surface area is 87.4 Å². The highest BCUT2D eigenvalue weighted by Crippen LogP contribution is 2.16. The summed E-state index contributed by atoms with van der Waals surface area (Å²) in [6, 6.07) is 2.28. The minimum Gasteiger partial charge on any atom is -0.377 e. The van der Waals surface area contributed by atoms with E-state index in [1.54, 1.807) is 0 Å². The predicted octanol–water partition coefficient (Wildman–Crippen LogP) is 1.94. The second kappa shape index (κ2) is 6.80. The van der Waals surface area contributed by atoms with Gasteiger partial charge in [-0.05, 0) is 40.7 Å². The fourth-order valence-electron chi connectivity index (χ4n) is 0.949. The fourth-order valence-corrected chi connectivity index (χ4v) is 0.949. The molecule has 3 heteroatoms. The first-order valence-electron chi connectivity index (χ1n) is 5.21. The van der Waals surface area contributed by atoms with Crippen molar-refractivity contribution in [3.8, 4) is 6.07 Å². The molecule has 0 bridgehead atoms. The molecule has 0 aromatic rings. The average molecular weight is 198 g/mol. The van der Waals surface area contributed by atoms with Crippen molar-refractivity contribution in [1.82, 2.24) is 5.32 Å². The van der Waals surface area contributed by atoms with Crippen molar-refractivity contribution in [3.05, 3.63) is 0 Å². The molecule has 82 valence electrons. The lowest BCUT2D eigenvalue weighted by molar-refractivity contribution is 0.0806. The third-order valence-electron chi connectivity index (χ3n) is 1.96. The lowest BCUT2D eigenvalue weighted by Gasteiger charge is -2.15. The van der Waals surface area contributed by atoms with Crippen LogP contribution in [0.1, 0.15) is 34.1 Å². The van der Waals surface area contributed by atoms with E-state index in [9.17, 15) is 0 Å². The zero-order valence-corrected chi connectivity index (χ0v) is 9.76. The molecule has 0 aromatic carbocycles. The Bertz CT molecular complexity index is 182. The van der Waals surface area contributed by atoms with Gasteiger partial charge in [0.05, 0.1) is 24.2 Å². The van der Waals surface area contributed by atoms with E-state index in [2.05, 4.69) is 11.4 Å². The van der Waals surface area contributed by atoms with Gasteiger partial charge >= 0.3 is 0 Å². The topological polar surface area (TPSA) is 45.0 Å². The maximum absolute atomic E-state index is 8.77. The third-order valence-corrected chi connectivity index (χ3v) is 1.96. The first kappa shape index (κ1) is 13.4. The number of hydrogen-bond donors (Lipinski definition) is 1. The zero-order chi connectivity index (χ0) is 11.0. The second-order valence-electron chi connectivity index (χ2n) is 4.42. The van der Waals surface area contributed by atoms with Crippen molar-refractivity contribution in [3.63, 3.8) is 0 Å². The normalized spacial score (nSPS) is 11.7. The van der Waals surface area contributed by atoms with Crippen LogP contribution >= 0.6 is 0 Å². The van der Waals surface area contributed by atoms with Crippen LogP contribution in [0.25, 0.3) is 0 Å². The van der Waals surface area contributed by atoms with Crippen LogP contribution in [0.5, 0.6) is 0 Å². The van der Waals surface area contributed by atoms with Gasteiger partial charge in [0, 0.05) is 6.54 Å². The molecule has 0 saturated heterocycles. The van der Waals surface area contributed by atoms with Crippen LogP contribution in [-0.2, 0) is 4.74 Å². The van der Waals surface area contributed by atoms with Crippen LogP contribution in [0.4, 0.5) is 0 Å². The first-order valence-corrected chi connectivity index (χ1v) is 5.21. The maximum atomic E-state index is 8.77. The van der Waals surface area contributed by atoms with E-state index in [0.717, 1.165) is 26.1 Å². The van der Waals surface area contributed by atoms with Gasteiger partial charge < -0.3 is 10.1 Å². The smallest absolute Gasteiger partial charge is 0.0684 e. The highest BCUT2D eigenvalue weighted by molar-refractivity contribution is 4.91. The van der Waals surface area contributed by atoms with Gasteiger partial charge in [-0.1, -0.05) is 0 Å². The summed E-state index contributed by atoms with van der Waals surface area (Å²) >= 11 is 0. The van der Waals surface area contributed by atoms with E-state index in [1.165, 1.54) is 0 Å². The molecule has 1 N–H and O–H groups in total. The van der Waals surface area contributed by atoms with Crippen molar-refractivity contribution < 1.29 is 4.74 Å². The van der Waals surface area contributed by atoms with Crippen molar-refractivity contribution in [1.29, 1.82) is 5.26 Å². The number of ether oxygens (including phenoxy) is 1. The third kappa shape index (κ3) is 8.03. The lowest BCUT2D eigenvalue weighted by Crippen LogP contribution is -2.25. The summed E-state index contributed by atoms with van der Waals surface area (Å²) in [6.07, 6.45) is 1.18. The fraction of sp³-hybridized carbons (Fsp3) is 0.909. The SMILES string of the molecule is CC(C)OCCNCCC(C)(C)C#N. The van der Waals surface area contributed by atoms with E-state index < -0.39 is 0 Å². The molecule has 0 radical (unpaired) electrons. The standard InChI is InChI=1S/C11H22N2O/c1-10(2)14-8-7-13-6-5-11(3,4)9-12/h10,13H,5-8H2,1-4H3. The first-order chi connectivity index (χ1) is 6.48. The van der Waals surface area contributed by atoms with Crippen LogP contribution < -0.4 is 5.32 Å². The highest BCUT2D eigenvalue weighted by Gasteiger charge is 2.14. The average Bonchev–Trinajstić information content (AvgIpc) is 2.10. The number of rotatable bonds is 7. The van der Waals surface area contributed by atoms with Crippen molar-refractivity contribution in [2.24, 2.45) is 5.41 Å². The molecule has 0 amide bonds. The van der Waals surface area contributed by atoms with Crippen molar-refractivity contribution in [2.75, 3.05) is 19.7 Å². The minimum atomic E-state index is -0.216. The summed E-state index contributed by atoms with van der Waals surface area (Å²) in [6.45, 7) is 10.4. The van der Waals surface area contributed by atoms with Crippen LogP contribution in [-0.4, -0.2) is 25.8 Å². The molecule has 0 heterocycles. The van der Waals surface area contributed by atoms with Gasteiger partial charge in [0.2, 0.25) is 0 Å². The highest BCUT2D eigenvalue weighted by atomic mass is 16.5. The van der Waals surface area contributed by atoms with Crippen LogP contribution in [0.3, 0.4) is 0 Å². The lowest BCUT2D eigenvalue weighted by atomic mass is 9.92. The molecular weight excluding hydrogens is 176 g/mol. The largest absolute Gasteiger partial charge is 0.377 e. The molecule has 0 rings (SSSR count). The van der Waals surface area contributed by atoms with E-state index in [0.29, 0.717) is 6.10 Å². The van der Waals surface area contributed by atoms with Gasteiger partial charge in [-0.25, -0.2) is 0 Å². The van der Waals surface area contributed by atoms with Gasteiger partial charge in [0.1, 0.15) is 0 Å². The Balaban J connectivity index is 3.27. The number of hydrogen-bond acceptors (Lipinski definition) is 3. The number of nitrogens with one attached hydrogen (secondary N) is 1. The quantitative estimate of drug-likeness (QED) is 0.636. The van der Waals surface area contributed by atoms with E-state index >= 15 is 0 Å². The van der Waals surface area contributed by atoms with E-state index in [4.69, 9.17) is 10.00 Å². The molecule has 14 heavy (non-hydrogen) atoms. The summed E-state index contributed by atoms with van der Waals surface area (Å²) in [7, 11) is 0. The number of nitrogens with zero attached hydrogens (tertiary/aromatic N) is 1. The van der Waals surface area contributed by atoms with Gasteiger partial charge in [-0.3, -0.25) is 0 Å². The molecule has 0 fully saturated rings. The summed E-state index contributed by atoms with van der Waals surface area (Å²) in [5, 5.41) is 12.0. The molecule has 0 spiro atoms. The van der Waals surface area contributed by atoms with Crippen molar-refractivity contribution >= 4 is 0 Å². The molecule has 3 nitrogen and oxygen atoms in total. The summed E-state index contributed by atoms with van der Waals surface area (Å²) in [5.74, 6) is 0. The van der Waals surface area contributed by atoms with Crippen LogP contribution in [0, 0.1) is 16.7 Å². The molecule has 0 aromatic heterocycles. The van der Waals surface area contributed by atoms with E-state index in [-0.39, 0.29) is 5.41 Å². The molecule has 0 aliphatic heterocycles. The molecule has 0 atom stereocenters. The van der Waals surface area contributed by atoms with Crippen molar-refractivity contribution in [2.45, 2.75) is 40.2 Å². The Morgan fingerprint density at radius 1 is 1.36 bits per heavy atom. The van der Waals surface area contributed by atoms with E-state index in [1.807, 2.05) is 27.7 Å². The molecule has 0 aliphatic carbocycles. The predicted molar refractivity (Wildman–Crippen MR) is 58.0 cm³/mol. The Hall–Kier alpha value is -0.590. The Morgan fingerprint density at radius 3 is 2.50 bits per heavy atom. The zero-order valence-electron chi connectivity index (χ0n) is 9.76. The van der Waals surface area contributed by atoms with Gasteiger partial charge in [-0.2, -0.15) is 5.26 Å². The van der Waals surface area contributed by atoms with Crippen LogP contribution in [0.15, 0.2) is 0 Å². The summed E-state index contributed by atoms with van der Waals surface area (Å²) in [4.78, 5) is 0. The second-order valence-corrected chi connectivity index (χ2v) is 4.42. The maximum Gasteiger partial charge on any atom is 0.0684 e. The summed E-state index contributed by atoms with van der Waals surface area (Å²) < 4.78 is 5.37. The Kier molecular flexibility index (Phi) is 6.52. The Morgan fingerprint density at radius 2 is 2.00 bits per heavy atom. The molecule has 0 saturated carbocycles. The summed E-state index contributed by atoms with van der Waals surface area (Å²) in [5.41, 5.74) is -0.216. The monoisotopic (exact) mass is 198 g/mol. The minimum absolute atomic E-state index is 0.216. The van der Waals surface area contributed by atoms with Gasteiger partial charge in [0.25, 0.3) is 0 Å². The molecule has 0 unspecified atom stereocenters. The van der Waals surface area contributed by atoms with Gasteiger partial charge in [-0.15, -0.1) is 0 Å². The molecular formula is C11H22N2O. The van der Waals surface area contributed by atoms with Crippen LogP contribution in [0.2, 0.25) is 0 Å². The van der Waals surface area contributed by atoms with Gasteiger partial charge in [0.15, 0.2) is 0 Å². The number of nitriles is 1.